The quantitative estimate of drug-likeness (QED) is 0.113. The highest BCUT2D eigenvalue weighted by Gasteiger charge is 2.39. The number of rotatable bonds is 13. The van der Waals surface area contributed by atoms with E-state index < -0.39 is 48.7 Å². The maximum Gasteiger partial charge on any atom is 0.416 e. The molecular weight excluding hydrogens is 582 g/mol. The molecule has 42 heavy (non-hydrogen) atoms. The monoisotopic (exact) mass is 614 g/mol. The van der Waals surface area contributed by atoms with Crippen molar-refractivity contribution in [3.8, 4) is 11.5 Å². The number of aromatic nitrogens is 2. The predicted octanol–water partition coefficient (Wildman–Crippen LogP) is 7.62. The van der Waals surface area contributed by atoms with Crippen LogP contribution >= 0.6 is 0 Å². The van der Waals surface area contributed by atoms with Crippen LogP contribution in [-0.2, 0) is 27.4 Å². The molecule has 1 aromatic carbocycles. The average molecular weight is 615 g/mol. The lowest BCUT2D eigenvalue weighted by molar-refractivity contribution is -0.139. The molecule has 3 heterocycles. The largest absolute Gasteiger partial charge is 0.450 e. The van der Waals surface area contributed by atoms with E-state index in [9.17, 15) is 22.4 Å². The Balaban J connectivity index is 1.60. The molecule has 2 aromatic heterocycles. The molecule has 1 aliphatic heterocycles. The normalized spacial score (nSPS) is 15.1. The standard InChI is InChI=1S/C29H32F6N2O4Si/c1-18(29(33,34)35)21-14-37(17-39-9-10-42(2,3)4)27-25(21)24(6-8-36-27)41-26-22(30)12-19(13-23(26)31)11-20(38)5-7-28(32)15-40-16-28/h6,8,12-14H,1,5,7,9-11,15-17H2,2-4H3. The molecule has 1 fully saturated rings. The van der Waals surface area contributed by atoms with Gasteiger partial charge in [0, 0.05) is 45.5 Å². The molecule has 0 saturated carbocycles. The number of ketones is 1. The molecule has 4 rings (SSSR count). The van der Waals surface area contributed by atoms with Gasteiger partial charge in [-0.15, -0.1) is 0 Å². The van der Waals surface area contributed by atoms with E-state index >= 15 is 8.78 Å². The highest BCUT2D eigenvalue weighted by molar-refractivity contribution is 6.76. The summed E-state index contributed by atoms with van der Waals surface area (Å²) in [5.74, 6) is -3.88. The number of alkyl halides is 4. The van der Waals surface area contributed by atoms with Crippen molar-refractivity contribution in [1.29, 1.82) is 0 Å². The van der Waals surface area contributed by atoms with Crippen LogP contribution in [0, 0.1) is 11.6 Å². The number of nitrogens with zero attached hydrogens (tertiary/aromatic N) is 2. The summed E-state index contributed by atoms with van der Waals surface area (Å²) in [7, 11) is -1.42. The van der Waals surface area contributed by atoms with Gasteiger partial charge in [-0.2, -0.15) is 13.2 Å². The summed E-state index contributed by atoms with van der Waals surface area (Å²) in [6.07, 6.45) is -2.90. The Morgan fingerprint density at radius 3 is 2.43 bits per heavy atom. The molecule has 0 atom stereocenters. The molecule has 0 bridgehead atoms. The Bertz CT molecular complexity index is 1450. The van der Waals surface area contributed by atoms with Crippen molar-refractivity contribution in [1.82, 2.24) is 9.55 Å². The van der Waals surface area contributed by atoms with E-state index in [1.165, 1.54) is 23.0 Å². The number of allylic oxidation sites excluding steroid dienone is 1. The van der Waals surface area contributed by atoms with E-state index in [1.807, 2.05) is 0 Å². The molecule has 6 nitrogen and oxygen atoms in total. The van der Waals surface area contributed by atoms with Gasteiger partial charge in [0.15, 0.2) is 23.1 Å². The molecule has 1 saturated heterocycles. The molecule has 13 heteroatoms. The number of ether oxygens (including phenoxy) is 3. The highest BCUT2D eigenvalue weighted by Crippen LogP contribution is 2.42. The van der Waals surface area contributed by atoms with Gasteiger partial charge in [0.05, 0.1) is 24.2 Å². The first-order chi connectivity index (χ1) is 19.6. The van der Waals surface area contributed by atoms with E-state index in [2.05, 4.69) is 31.2 Å². The topological polar surface area (TPSA) is 62.6 Å². The number of carbonyl (C=O) groups is 1. The van der Waals surface area contributed by atoms with Crippen molar-refractivity contribution >= 4 is 30.5 Å². The van der Waals surface area contributed by atoms with Gasteiger partial charge in [0.2, 0.25) is 0 Å². The van der Waals surface area contributed by atoms with Gasteiger partial charge in [-0.1, -0.05) is 26.2 Å². The zero-order chi connectivity index (χ0) is 30.9. The first-order valence-corrected chi connectivity index (χ1v) is 17.0. The number of halogens is 6. The van der Waals surface area contributed by atoms with Crippen LogP contribution in [0.4, 0.5) is 26.3 Å². The second kappa shape index (κ2) is 12.2. The fourth-order valence-corrected chi connectivity index (χ4v) is 5.12. The van der Waals surface area contributed by atoms with Crippen molar-refractivity contribution in [2.45, 2.75) is 63.5 Å². The third-order valence-electron chi connectivity index (χ3n) is 6.86. The molecule has 0 radical (unpaired) electrons. The molecule has 228 valence electrons. The lowest BCUT2D eigenvalue weighted by Gasteiger charge is -2.33. The summed E-state index contributed by atoms with van der Waals surface area (Å²) in [5, 5.41) is -0.146. The highest BCUT2D eigenvalue weighted by atomic mass is 28.3. The smallest absolute Gasteiger partial charge is 0.416 e. The van der Waals surface area contributed by atoms with Crippen molar-refractivity contribution in [3.63, 3.8) is 0 Å². The minimum Gasteiger partial charge on any atom is -0.450 e. The Kier molecular flexibility index (Phi) is 9.24. The third kappa shape index (κ3) is 7.61. The lowest BCUT2D eigenvalue weighted by atomic mass is 9.95. The molecule has 0 aliphatic carbocycles. The number of benzene rings is 1. The van der Waals surface area contributed by atoms with Crippen LogP contribution in [0.15, 0.2) is 37.2 Å². The summed E-state index contributed by atoms with van der Waals surface area (Å²) in [4.78, 5) is 16.4. The average Bonchev–Trinajstić information content (AvgIpc) is 3.24. The van der Waals surface area contributed by atoms with Crippen molar-refractivity contribution in [2.75, 3.05) is 19.8 Å². The van der Waals surface area contributed by atoms with Crippen LogP contribution < -0.4 is 4.74 Å². The van der Waals surface area contributed by atoms with Crippen molar-refractivity contribution in [2.24, 2.45) is 0 Å². The van der Waals surface area contributed by atoms with Crippen LogP contribution in [0.25, 0.3) is 16.6 Å². The molecule has 0 amide bonds. The van der Waals surface area contributed by atoms with Crippen molar-refractivity contribution in [3.05, 3.63) is 59.9 Å². The minimum atomic E-state index is -4.80. The Hall–Kier alpha value is -3.16. The molecule has 0 unspecified atom stereocenters. The zero-order valence-corrected chi connectivity index (χ0v) is 24.5. The number of Topliss-reactive ketones (excluding diaryl/α,β-unsaturated/α-hetero) is 1. The van der Waals surface area contributed by atoms with Gasteiger partial charge in [0.1, 0.15) is 23.9 Å². The number of hydrogen-bond acceptors (Lipinski definition) is 5. The van der Waals surface area contributed by atoms with Gasteiger partial charge in [-0.3, -0.25) is 4.79 Å². The molecular formula is C29H32F6N2O4Si. The van der Waals surface area contributed by atoms with Gasteiger partial charge in [0.25, 0.3) is 0 Å². The summed E-state index contributed by atoms with van der Waals surface area (Å²) in [5.41, 5.74) is -3.07. The van der Waals surface area contributed by atoms with Crippen LogP contribution in [0.3, 0.4) is 0 Å². The zero-order valence-electron chi connectivity index (χ0n) is 23.5. The van der Waals surface area contributed by atoms with Gasteiger partial charge < -0.3 is 18.8 Å². The summed E-state index contributed by atoms with van der Waals surface area (Å²) >= 11 is 0. The third-order valence-corrected chi connectivity index (χ3v) is 8.56. The second-order valence-corrected chi connectivity index (χ2v) is 17.3. The van der Waals surface area contributed by atoms with E-state index in [-0.39, 0.29) is 67.1 Å². The van der Waals surface area contributed by atoms with E-state index in [1.54, 1.807) is 0 Å². The SMILES string of the molecule is C=C(c1cn(COCC[Si](C)(C)C)c2nccc(Oc3c(F)cc(CC(=O)CCC4(F)COC4)cc3F)c12)C(F)(F)F. The van der Waals surface area contributed by atoms with Crippen LogP contribution in [0.5, 0.6) is 11.5 Å². The van der Waals surface area contributed by atoms with Crippen LogP contribution in [-0.4, -0.2) is 55.1 Å². The fraction of sp³-hybridized carbons (Fsp3) is 0.448. The summed E-state index contributed by atoms with van der Waals surface area (Å²) < 4.78 is 103. The Morgan fingerprint density at radius 2 is 1.86 bits per heavy atom. The van der Waals surface area contributed by atoms with Crippen LogP contribution in [0.2, 0.25) is 25.7 Å². The van der Waals surface area contributed by atoms with E-state index in [4.69, 9.17) is 14.2 Å². The minimum absolute atomic E-state index is 0.00718. The maximum atomic E-state index is 15.1. The van der Waals surface area contributed by atoms with E-state index in [0.717, 1.165) is 18.2 Å². The number of fused-ring (bicyclic) bond motifs is 1. The summed E-state index contributed by atoms with van der Waals surface area (Å²) in [6, 6.07) is 3.83. The maximum absolute atomic E-state index is 15.1. The molecule has 0 N–H and O–H groups in total. The van der Waals surface area contributed by atoms with Gasteiger partial charge in [-0.05, 0) is 36.2 Å². The first-order valence-electron chi connectivity index (χ1n) is 13.3. The first kappa shape index (κ1) is 31.8. The van der Waals surface area contributed by atoms with E-state index in [0.29, 0.717) is 6.61 Å². The number of hydrogen-bond donors (Lipinski definition) is 0. The van der Waals surface area contributed by atoms with Gasteiger partial charge >= 0.3 is 6.18 Å². The predicted molar refractivity (Wildman–Crippen MR) is 148 cm³/mol. The Morgan fingerprint density at radius 1 is 1.19 bits per heavy atom. The Labute approximate surface area is 240 Å². The fourth-order valence-electron chi connectivity index (χ4n) is 4.36. The molecule has 0 spiro atoms. The summed E-state index contributed by atoms with van der Waals surface area (Å²) in [6.45, 7) is 9.77. The van der Waals surface area contributed by atoms with Crippen molar-refractivity contribution < 1.29 is 45.3 Å². The lowest BCUT2D eigenvalue weighted by Crippen LogP contribution is -2.45. The molecule has 1 aliphatic rings. The molecule has 3 aromatic rings. The van der Waals surface area contributed by atoms with Gasteiger partial charge in [-0.25, -0.2) is 18.2 Å². The number of pyridine rings is 1. The van der Waals surface area contributed by atoms with Crippen LogP contribution in [0.1, 0.15) is 24.0 Å². The second-order valence-electron chi connectivity index (χ2n) is 11.7. The number of carbonyl (C=O) groups excluding carboxylic acids is 1.